The monoisotopic (exact) mass is 260 g/mol. The van der Waals surface area contributed by atoms with Crippen molar-refractivity contribution in [2.24, 2.45) is 16.6 Å². The standard InChI is InChI=1S/C12H12N4O3/c1-8(17)15-10-5-2-9(3-6-10)4-7-11(18)19-16-12(13)14/h2-3,5-6H,1H3,(H,15,17)(H4,13,14,16). The van der Waals surface area contributed by atoms with Crippen molar-refractivity contribution in [3.8, 4) is 11.8 Å². The molecule has 0 heterocycles. The molecule has 1 rings (SSSR count). The van der Waals surface area contributed by atoms with Gasteiger partial charge in [-0.15, -0.1) is 0 Å². The van der Waals surface area contributed by atoms with Crippen LogP contribution >= 0.6 is 0 Å². The highest BCUT2D eigenvalue weighted by Gasteiger charge is 1.97. The van der Waals surface area contributed by atoms with Crippen LogP contribution < -0.4 is 16.8 Å². The number of anilines is 1. The number of nitrogens with two attached hydrogens (primary N) is 2. The summed E-state index contributed by atoms with van der Waals surface area (Å²) in [6.07, 6.45) is 0. The van der Waals surface area contributed by atoms with Crippen LogP contribution in [-0.2, 0) is 14.4 Å². The third-order valence-electron chi connectivity index (χ3n) is 1.75. The fourth-order valence-corrected chi connectivity index (χ4v) is 1.08. The van der Waals surface area contributed by atoms with Crippen molar-refractivity contribution in [2.75, 3.05) is 5.32 Å². The molecule has 0 spiro atoms. The van der Waals surface area contributed by atoms with Gasteiger partial charge in [0.05, 0.1) is 0 Å². The summed E-state index contributed by atoms with van der Waals surface area (Å²) in [7, 11) is 0. The summed E-state index contributed by atoms with van der Waals surface area (Å²) in [5.74, 6) is 3.35. The topological polar surface area (TPSA) is 120 Å². The minimum Gasteiger partial charge on any atom is -0.367 e. The fraction of sp³-hybridized carbons (Fsp3) is 0.0833. The molecular weight excluding hydrogens is 248 g/mol. The van der Waals surface area contributed by atoms with Gasteiger partial charge < -0.3 is 21.6 Å². The molecule has 0 aromatic heterocycles. The van der Waals surface area contributed by atoms with Crippen LogP contribution in [-0.4, -0.2) is 17.8 Å². The second-order valence-electron chi connectivity index (χ2n) is 3.40. The van der Waals surface area contributed by atoms with E-state index in [2.05, 4.69) is 27.2 Å². The number of rotatable bonds is 2. The van der Waals surface area contributed by atoms with E-state index in [0.717, 1.165) is 0 Å². The van der Waals surface area contributed by atoms with E-state index < -0.39 is 5.97 Å². The molecule has 1 amide bonds. The Bertz CT molecular complexity index is 563. The first-order chi connectivity index (χ1) is 8.97. The van der Waals surface area contributed by atoms with Crippen LogP contribution in [0.4, 0.5) is 5.69 Å². The highest BCUT2D eigenvalue weighted by atomic mass is 16.7. The molecule has 98 valence electrons. The zero-order chi connectivity index (χ0) is 14.3. The summed E-state index contributed by atoms with van der Waals surface area (Å²) in [5, 5.41) is 5.66. The largest absolute Gasteiger partial charge is 0.410 e. The van der Waals surface area contributed by atoms with Gasteiger partial charge in [-0.25, -0.2) is 4.79 Å². The van der Waals surface area contributed by atoms with Crippen LogP contribution in [0.3, 0.4) is 0 Å². The molecule has 19 heavy (non-hydrogen) atoms. The molecule has 7 nitrogen and oxygen atoms in total. The first-order valence-electron chi connectivity index (χ1n) is 5.17. The lowest BCUT2D eigenvalue weighted by Crippen LogP contribution is -2.23. The summed E-state index contributed by atoms with van der Waals surface area (Å²) in [5.41, 5.74) is 11.2. The Balaban J connectivity index is 2.65. The quantitative estimate of drug-likeness (QED) is 0.222. The fourth-order valence-electron chi connectivity index (χ4n) is 1.08. The van der Waals surface area contributed by atoms with Crippen molar-refractivity contribution in [2.45, 2.75) is 6.92 Å². The summed E-state index contributed by atoms with van der Waals surface area (Å²) in [6.45, 7) is 1.41. The molecule has 0 saturated heterocycles. The van der Waals surface area contributed by atoms with E-state index in [-0.39, 0.29) is 11.9 Å². The molecular formula is C12H12N4O3. The highest BCUT2D eigenvalue weighted by molar-refractivity contribution is 5.90. The second-order valence-corrected chi connectivity index (χ2v) is 3.40. The number of carbonyl (C=O) groups excluding carboxylic acids is 2. The molecule has 0 saturated carbocycles. The Kier molecular flexibility index (Phi) is 4.93. The van der Waals surface area contributed by atoms with E-state index >= 15 is 0 Å². The number of nitrogens with zero attached hydrogens (tertiary/aromatic N) is 1. The smallest absolute Gasteiger partial charge is 0.367 e. The number of benzene rings is 1. The third kappa shape index (κ3) is 5.74. The Labute approximate surface area is 109 Å². The van der Waals surface area contributed by atoms with Gasteiger partial charge >= 0.3 is 5.97 Å². The number of nitrogens with one attached hydrogen (secondary N) is 1. The van der Waals surface area contributed by atoms with Crippen LogP contribution in [0.15, 0.2) is 29.4 Å². The highest BCUT2D eigenvalue weighted by Crippen LogP contribution is 2.08. The lowest BCUT2D eigenvalue weighted by atomic mass is 10.2. The van der Waals surface area contributed by atoms with Crippen molar-refractivity contribution < 1.29 is 14.4 Å². The van der Waals surface area contributed by atoms with E-state index in [4.69, 9.17) is 11.5 Å². The summed E-state index contributed by atoms with van der Waals surface area (Å²) < 4.78 is 0. The molecule has 0 fully saturated rings. The Hall–Kier alpha value is -3.01. The lowest BCUT2D eigenvalue weighted by molar-refractivity contribution is -0.136. The maximum absolute atomic E-state index is 11.1. The van der Waals surface area contributed by atoms with Gasteiger partial charge in [-0.05, 0) is 29.4 Å². The molecule has 1 aromatic carbocycles. The molecule has 0 bridgehead atoms. The van der Waals surface area contributed by atoms with Crippen LogP contribution in [0.5, 0.6) is 0 Å². The Morgan fingerprint density at radius 2 is 1.89 bits per heavy atom. The maximum Gasteiger partial charge on any atom is 0.410 e. The SMILES string of the molecule is CC(=O)Nc1ccc(C#CC(=O)ON=C(N)N)cc1. The number of guanidine groups is 1. The van der Waals surface area contributed by atoms with Gasteiger partial charge in [0.1, 0.15) is 0 Å². The third-order valence-corrected chi connectivity index (χ3v) is 1.75. The molecule has 7 heteroatoms. The molecule has 0 aliphatic heterocycles. The maximum atomic E-state index is 11.1. The molecule has 0 radical (unpaired) electrons. The predicted molar refractivity (Wildman–Crippen MR) is 69.5 cm³/mol. The van der Waals surface area contributed by atoms with E-state index in [1.54, 1.807) is 24.3 Å². The number of amides is 1. The van der Waals surface area contributed by atoms with Crippen molar-refractivity contribution in [1.82, 2.24) is 0 Å². The van der Waals surface area contributed by atoms with Crippen LogP contribution in [0.2, 0.25) is 0 Å². The minimum absolute atomic E-state index is 0.167. The van der Waals surface area contributed by atoms with Gasteiger partial charge in [0.2, 0.25) is 11.9 Å². The minimum atomic E-state index is -0.876. The van der Waals surface area contributed by atoms with Gasteiger partial charge in [-0.2, -0.15) is 0 Å². The van der Waals surface area contributed by atoms with Gasteiger partial charge in [0, 0.05) is 24.1 Å². The summed E-state index contributed by atoms with van der Waals surface area (Å²) in [6, 6.07) is 6.61. The second kappa shape index (κ2) is 6.66. The van der Waals surface area contributed by atoms with E-state index in [1.807, 2.05) is 0 Å². The summed E-state index contributed by atoms with van der Waals surface area (Å²) >= 11 is 0. The van der Waals surface area contributed by atoms with Crippen LogP contribution in [0, 0.1) is 11.8 Å². The number of hydrogen-bond acceptors (Lipinski definition) is 4. The van der Waals surface area contributed by atoms with Crippen molar-refractivity contribution >= 4 is 23.5 Å². The van der Waals surface area contributed by atoms with Crippen LogP contribution in [0.25, 0.3) is 0 Å². The van der Waals surface area contributed by atoms with Gasteiger partial charge in [0.15, 0.2) is 0 Å². The molecule has 0 unspecified atom stereocenters. The van der Waals surface area contributed by atoms with Gasteiger partial charge in [-0.3, -0.25) is 4.79 Å². The van der Waals surface area contributed by atoms with Crippen LogP contribution in [0.1, 0.15) is 12.5 Å². The number of carbonyl (C=O) groups is 2. The molecule has 0 aliphatic rings. The van der Waals surface area contributed by atoms with E-state index in [0.29, 0.717) is 11.3 Å². The van der Waals surface area contributed by atoms with Gasteiger partial charge in [-0.1, -0.05) is 5.92 Å². The van der Waals surface area contributed by atoms with Crippen molar-refractivity contribution in [1.29, 1.82) is 0 Å². The summed E-state index contributed by atoms with van der Waals surface area (Å²) in [4.78, 5) is 26.1. The first-order valence-corrected chi connectivity index (χ1v) is 5.17. The average Bonchev–Trinajstić information content (AvgIpc) is 2.35. The van der Waals surface area contributed by atoms with E-state index in [9.17, 15) is 9.59 Å². The van der Waals surface area contributed by atoms with Gasteiger partial charge in [0.25, 0.3) is 0 Å². The Morgan fingerprint density at radius 1 is 1.26 bits per heavy atom. The Morgan fingerprint density at radius 3 is 2.42 bits per heavy atom. The molecule has 0 atom stereocenters. The first kappa shape index (κ1) is 14.1. The molecule has 0 aliphatic carbocycles. The van der Waals surface area contributed by atoms with Crippen molar-refractivity contribution in [3.63, 3.8) is 0 Å². The average molecular weight is 260 g/mol. The van der Waals surface area contributed by atoms with Crippen molar-refractivity contribution in [3.05, 3.63) is 29.8 Å². The number of oxime groups is 1. The zero-order valence-electron chi connectivity index (χ0n) is 10.1. The molecule has 1 aromatic rings. The molecule has 5 N–H and O–H groups in total. The number of hydrogen-bond donors (Lipinski definition) is 3. The zero-order valence-corrected chi connectivity index (χ0v) is 10.1. The normalized spacial score (nSPS) is 8.68. The lowest BCUT2D eigenvalue weighted by Gasteiger charge is -2.00. The predicted octanol–water partition coefficient (Wildman–Crippen LogP) is -0.272. The van der Waals surface area contributed by atoms with E-state index in [1.165, 1.54) is 6.92 Å².